The zero-order valence-electron chi connectivity index (χ0n) is 20.1. The number of furan rings is 1. The molecule has 1 N–H and O–H groups in total. The fourth-order valence-corrected chi connectivity index (χ4v) is 3.77. The van der Waals surface area contributed by atoms with Crippen molar-refractivity contribution >= 4 is 16.9 Å². The minimum absolute atomic E-state index is 0.0848. The van der Waals surface area contributed by atoms with E-state index in [2.05, 4.69) is 15.4 Å². The Bertz CT molecular complexity index is 1490. The van der Waals surface area contributed by atoms with Gasteiger partial charge in [-0.2, -0.15) is 5.10 Å². The number of ether oxygens (including phenoxy) is 2. The van der Waals surface area contributed by atoms with Crippen LogP contribution in [0.4, 0.5) is 0 Å². The van der Waals surface area contributed by atoms with E-state index in [9.17, 15) is 4.79 Å². The van der Waals surface area contributed by atoms with Crippen LogP contribution in [0.25, 0.3) is 22.5 Å². The van der Waals surface area contributed by atoms with Gasteiger partial charge in [0.1, 0.15) is 17.2 Å². The Kier molecular flexibility index (Phi) is 6.36. The van der Waals surface area contributed by atoms with Gasteiger partial charge in [0.25, 0.3) is 5.91 Å². The summed E-state index contributed by atoms with van der Waals surface area (Å²) in [6, 6.07) is 16.3. The van der Waals surface area contributed by atoms with Crippen molar-refractivity contribution in [1.82, 2.24) is 25.1 Å². The van der Waals surface area contributed by atoms with E-state index in [0.717, 1.165) is 5.56 Å². The molecule has 5 rings (SSSR count). The number of carbonyl (C=O) groups is 1. The number of pyridine rings is 2. The summed E-state index contributed by atoms with van der Waals surface area (Å²) in [5, 5.41) is 8.09. The van der Waals surface area contributed by atoms with Gasteiger partial charge in [0.2, 0.25) is 5.88 Å². The molecule has 0 fully saturated rings. The lowest BCUT2D eigenvalue weighted by atomic mass is 10.1. The molecule has 0 spiro atoms. The molecule has 4 aromatic heterocycles. The van der Waals surface area contributed by atoms with Crippen LogP contribution < -0.4 is 14.8 Å². The molecule has 0 bridgehead atoms. The second-order valence-electron chi connectivity index (χ2n) is 8.42. The number of rotatable bonds is 8. The number of amides is 1. The number of hydrogen-bond donors (Lipinski definition) is 1. The van der Waals surface area contributed by atoms with Crippen molar-refractivity contribution in [1.29, 1.82) is 0 Å². The van der Waals surface area contributed by atoms with Gasteiger partial charge in [-0.1, -0.05) is 12.1 Å². The lowest BCUT2D eigenvalue weighted by Crippen LogP contribution is -2.23. The van der Waals surface area contributed by atoms with Crippen molar-refractivity contribution < 1.29 is 18.7 Å². The minimum Gasteiger partial charge on any atom is -0.497 e. The normalized spacial score (nSPS) is 11.1. The molecule has 0 atom stereocenters. The van der Waals surface area contributed by atoms with Gasteiger partial charge in [-0.05, 0) is 49.7 Å². The largest absolute Gasteiger partial charge is 0.497 e. The van der Waals surface area contributed by atoms with E-state index in [4.69, 9.17) is 18.9 Å². The summed E-state index contributed by atoms with van der Waals surface area (Å²) in [5.41, 5.74) is 2.51. The Hall–Kier alpha value is -4.66. The Morgan fingerprint density at radius 2 is 1.94 bits per heavy atom. The van der Waals surface area contributed by atoms with E-state index in [1.165, 1.54) is 0 Å². The number of nitrogens with one attached hydrogen (secondary N) is 1. The Morgan fingerprint density at radius 3 is 2.67 bits per heavy atom. The van der Waals surface area contributed by atoms with Crippen LogP contribution in [-0.2, 0) is 6.54 Å². The zero-order valence-corrected chi connectivity index (χ0v) is 20.1. The lowest BCUT2D eigenvalue weighted by Gasteiger charge is -2.11. The molecule has 1 amide bonds. The highest BCUT2D eigenvalue weighted by molar-refractivity contribution is 6.06. The van der Waals surface area contributed by atoms with Crippen molar-refractivity contribution in [3.8, 4) is 28.8 Å². The van der Waals surface area contributed by atoms with E-state index in [-0.39, 0.29) is 11.9 Å². The number of carbonyl (C=O) groups excluding carboxylic acids is 1. The molecule has 5 aromatic rings. The molecule has 182 valence electrons. The summed E-state index contributed by atoms with van der Waals surface area (Å²) in [4.78, 5) is 22.3. The standard InChI is InChI=1S/C27H25N5O4/c1-17(2)32-26-22(16-30-32)21(13-23(31-26)24-8-5-11-35-24)27(33)29-15-18-9-10-25(28-14-18)36-20-7-4-6-19(12-20)34-3/h4-14,16-17H,15H2,1-3H3,(H,29,33). The van der Waals surface area contributed by atoms with E-state index in [1.54, 1.807) is 54.7 Å². The second-order valence-corrected chi connectivity index (χ2v) is 8.42. The SMILES string of the molecule is COc1cccc(Oc2ccc(CNC(=O)c3cc(-c4ccco4)nc4c3cnn4C(C)C)cn2)c1. The van der Waals surface area contributed by atoms with Gasteiger partial charge in [-0.3, -0.25) is 4.79 Å². The molecular weight excluding hydrogens is 458 g/mol. The lowest BCUT2D eigenvalue weighted by molar-refractivity contribution is 0.0952. The summed E-state index contributed by atoms with van der Waals surface area (Å²) in [5.74, 6) is 2.11. The van der Waals surface area contributed by atoms with E-state index in [1.807, 2.05) is 44.2 Å². The number of hydrogen-bond acceptors (Lipinski definition) is 7. The quantitative estimate of drug-likeness (QED) is 0.315. The van der Waals surface area contributed by atoms with Crippen molar-refractivity contribution in [2.24, 2.45) is 0 Å². The van der Waals surface area contributed by atoms with Gasteiger partial charge < -0.3 is 19.2 Å². The molecule has 0 aliphatic carbocycles. The molecular formula is C27H25N5O4. The van der Waals surface area contributed by atoms with Crippen molar-refractivity contribution in [3.63, 3.8) is 0 Å². The highest BCUT2D eigenvalue weighted by Gasteiger charge is 2.19. The molecule has 0 radical (unpaired) electrons. The predicted molar refractivity (Wildman–Crippen MR) is 134 cm³/mol. The molecule has 36 heavy (non-hydrogen) atoms. The third-order valence-electron chi connectivity index (χ3n) is 5.59. The maximum absolute atomic E-state index is 13.2. The Morgan fingerprint density at radius 1 is 1.08 bits per heavy atom. The van der Waals surface area contributed by atoms with Gasteiger partial charge in [-0.15, -0.1) is 0 Å². The summed E-state index contributed by atoms with van der Waals surface area (Å²) in [6.45, 7) is 4.33. The number of benzene rings is 1. The first-order valence-corrected chi connectivity index (χ1v) is 11.5. The average molecular weight is 484 g/mol. The fraction of sp³-hybridized carbons (Fsp3) is 0.185. The molecule has 0 aliphatic heterocycles. The van der Waals surface area contributed by atoms with Crippen LogP contribution in [0.2, 0.25) is 0 Å². The zero-order chi connectivity index (χ0) is 25.1. The number of methoxy groups -OCH3 is 1. The molecule has 0 aliphatic rings. The molecule has 9 heteroatoms. The minimum atomic E-state index is -0.241. The molecule has 0 unspecified atom stereocenters. The van der Waals surface area contributed by atoms with Crippen LogP contribution in [0.3, 0.4) is 0 Å². The molecule has 0 saturated heterocycles. The predicted octanol–water partition coefficient (Wildman–Crippen LogP) is 5.40. The number of fused-ring (bicyclic) bond motifs is 1. The van der Waals surface area contributed by atoms with Crippen molar-refractivity contribution in [2.75, 3.05) is 7.11 Å². The maximum Gasteiger partial charge on any atom is 0.252 e. The maximum atomic E-state index is 13.2. The first kappa shape index (κ1) is 23.1. The van der Waals surface area contributed by atoms with E-state index >= 15 is 0 Å². The first-order chi connectivity index (χ1) is 17.5. The van der Waals surface area contributed by atoms with Gasteiger partial charge >= 0.3 is 0 Å². The topological polar surface area (TPSA) is 104 Å². The van der Waals surface area contributed by atoms with Crippen LogP contribution in [0.15, 0.2) is 77.7 Å². The van der Waals surface area contributed by atoms with Gasteiger partial charge in [0.05, 0.1) is 30.5 Å². The highest BCUT2D eigenvalue weighted by Crippen LogP contribution is 2.27. The molecule has 9 nitrogen and oxygen atoms in total. The second kappa shape index (κ2) is 9.91. The summed E-state index contributed by atoms with van der Waals surface area (Å²) in [6.07, 6.45) is 4.92. The molecule has 1 aromatic carbocycles. The summed E-state index contributed by atoms with van der Waals surface area (Å²) in [7, 11) is 1.60. The highest BCUT2D eigenvalue weighted by atomic mass is 16.5. The van der Waals surface area contributed by atoms with Crippen LogP contribution in [-0.4, -0.2) is 32.8 Å². The fourth-order valence-electron chi connectivity index (χ4n) is 3.77. The summed E-state index contributed by atoms with van der Waals surface area (Å²) < 4.78 is 18.3. The first-order valence-electron chi connectivity index (χ1n) is 11.5. The van der Waals surface area contributed by atoms with Crippen LogP contribution in [0.5, 0.6) is 17.4 Å². The van der Waals surface area contributed by atoms with Crippen LogP contribution >= 0.6 is 0 Å². The van der Waals surface area contributed by atoms with E-state index < -0.39 is 0 Å². The number of nitrogens with zero attached hydrogens (tertiary/aromatic N) is 4. The van der Waals surface area contributed by atoms with Crippen LogP contribution in [0.1, 0.15) is 35.8 Å². The van der Waals surface area contributed by atoms with E-state index in [0.29, 0.717) is 52.0 Å². The summed E-state index contributed by atoms with van der Waals surface area (Å²) >= 11 is 0. The Balaban J connectivity index is 1.33. The Labute approximate surface area is 207 Å². The average Bonchev–Trinajstić information content (AvgIpc) is 3.58. The molecule has 4 heterocycles. The molecule has 0 saturated carbocycles. The van der Waals surface area contributed by atoms with Gasteiger partial charge in [0.15, 0.2) is 11.4 Å². The van der Waals surface area contributed by atoms with Gasteiger partial charge in [0, 0.05) is 30.9 Å². The smallest absolute Gasteiger partial charge is 0.252 e. The number of aromatic nitrogens is 4. The van der Waals surface area contributed by atoms with Gasteiger partial charge in [-0.25, -0.2) is 14.6 Å². The van der Waals surface area contributed by atoms with Crippen LogP contribution in [0, 0.1) is 0 Å². The third-order valence-corrected chi connectivity index (χ3v) is 5.59. The third kappa shape index (κ3) is 4.76. The van der Waals surface area contributed by atoms with Crippen molar-refractivity contribution in [2.45, 2.75) is 26.4 Å². The van der Waals surface area contributed by atoms with Crippen molar-refractivity contribution in [3.05, 3.63) is 84.4 Å². The monoisotopic (exact) mass is 483 g/mol.